The Hall–Kier alpha value is -1.55. The molecule has 0 aliphatic carbocycles. The van der Waals surface area contributed by atoms with Crippen molar-refractivity contribution < 1.29 is 9.59 Å². The number of likely N-dealkylation sites (N-methyl/N-ethyl adjacent to an activating group) is 1. The van der Waals surface area contributed by atoms with Crippen molar-refractivity contribution in [2.24, 2.45) is 0 Å². The number of rotatable bonds is 4. The number of aryl methyl sites for hydroxylation is 1. The van der Waals surface area contributed by atoms with E-state index in [-0.39, 0.29) is 17.1 Å². The number of thioether (sulfide) groups is 1. The summed E-state index contributed by atoms with van der Waals surface area (Å²) in [4.78, 5) is 26.7. The molecule has 1 heterocycles. The normalized spacial score (nSPS) is 15.8. The second-order valence-electron chi connectivity index (χ2n) is 5.09. The van der Waals surface area contributed by atoms with Crippen molar-refractivity contribution in [1.29, 1.82) is 0 Å². The van der Waals surface area contributed by atoms with Crippen LogP contribution in [-0.4, -0.2) is 28.5 Å². The second kappa shape index (κ2) is 5.83. The highest BCUT2D eigenvalue weighted by molar-refractivity contribution is 8.04. The molecule has 1 aromatic rings. The summed E-state index contributed by atoms with van der Waals surface area (Å²) in [6.07, 6.45) is 0. The van der Waals surface area contributed by atoms with Crippen molar-refractivity contribution in [1.82, 2.24) is 4.90 Å². The maximum atomic E-state index is 12.5. The highest BCUT2D eigenvalue weighted by atomic mass is 32.2. The van der Waals surface area contributed by atoms with Crippen LogP contribution in [0.15, 0.2) is 29.2 Å². The van der Waals surface area contributed by atoms with Gasteiger partial charge in [-0.15, -0.1) is 11.8 Å². The Bertz CT molecular complexity index is 573. The molecular weight excluding hydrogens is 270 g/mol. The van der Waals surface area contributed by atoms with Crippen LogP contribution in [0.4, 0.5) is 0 Å². The van der Waals surface area contributed by atoms with Crippen LogP contribution in [0.5, 0.6) is 0 Å². The van der Waals surface area contributed by atoms with Crippen molar-refractivity contribution >= 4 is 29.1 Å². The Morgan fingerprint density at radius 2 is 1.70 bits per heavy atom. The van der Waals surface area contributed by atoms with Gasteiger partial charge in [-0.2, -0.15) is 0 Å². The number of carbonyl (C=O) groups is 2. The third-order valence-electron chi connectivity index (χ3n) is 3.14. The lowest BCUT2D eigenvalue weighted by molar-refractivity contribution is -0.136. The fraction of sp³-hybridized carbons (Fsp3) is 0.375. The van der Waals surface area contributed by atoms with Crippen LogP contribution >= 0.6 is 11.8 Å². The molecule has 1 aromatic carbocycles. The van der Waals surface area contributed by atoms with Gasteiger partial charge in [0.05, 0.1) is 10.5 Å². The van der Waals surface area contributed by atoms with E-state index in [1.807, 2.05) is 52.0 Å². The van der Waals surface area contributed by atoms with Crippen LogP contribution in [0.1, 0.15) is 31.9 Å². The largest absolute Gasteiger partial charge is 0.274 e. The second-order valence-corrected chi connectivity index (χ2v) is 6.68. The first-order valence-electron chi connectivity index (χ1n) is 6.79. The van der Waals surface area contributed by atoms with Crippen LogP contribution in [0.25, 0.3) is 5.57 Å². The van der Waals surface area contributed by atoms with Crippen molar-refractivity contribution in [3.05, 3.63) is 40.3 Å². The molecule has 0 aromatic heterocycles. The predicted octanol–water partition coefficient (Wildman–Crippen LogP) is 3.24. The zero-order valence-electron chi connectivity index (χ0n) is 12.3. The molecule has 0 fully saturated rings. The summed E-state index contributed by atoms with van der Waals surface area (Å²) < 4.78 is 0. The highest BCUT2D eigenvalue weighted by Gasteiger charge is 2.38. The van der Waals surface area contributed by atoms with Gasteiger partial charge in [0, 0.05) is 11.8 Å². The number of imide groups is 1. The minimum Gasteiger partial charge on any atom is -0.274 e. The fourth-order valence-corrected chi connectivity index (χ4v) is 3.17. The van der Waals surface area contributed by atoms with Crippen molar-refractivity contribution in [3.63, 3.8) is 0 Å². The molecule has 1 aliphatic heterocycles. The van der Waals surface area contributed by atoms with E-state index < -0.39 is 0 Å². The van der Waals surface area contributed by atoms with Gasteiger partial charge >= 0.3 is 0 Å². The Balaban J connectivity index is 2.52. The van der Waals surface area contributed by atoms with E-state index in [2.05, 4.69) is 0 Å². The average Bonchev–Trinajstić information content (AvgIpc) is 2.62. The molecule has 2 rings (SSSR count). The third kappa shape index (κ3) is 2.66. The van der Waals surface area contributed by atoms with Gasteiger partial charge in [-0.25, -0.2) is 0 Å². The Labute approximate surface area is 124 Å². The van der Waals surface area contributed by atoms with E-state index >= 15 is 0 Å². The average molecular weight is 289 g/mol. The van der Waals surface area contributed by atoms with Gasteiger partial charge in [-0.1, -0.05) is 43.7 Å². The third-order valence-corrected chi connectivity index (χ3v) is 4.22. The van der Waals surface area contributed by atoms with Gasteiger partial charge < -0.3 is 0 Å². The number of amides is 2. The van der Waals surface area contributed by atoms with Crippen LogP contribution in [-0.2, 0) is 9.59 Å². The van der Waals surface area contributed by atoms with Crippen LogP contribution in [0.2, 0.25) is 0 Å². The molecule has 106 valence electrons. The Kier molecular flexibility index (Phi) is 4.33. The van der Waals surface area contributed by atoms with E-state index in [1.54, 1.807) is 0 Å². The van der Waals surface area contributed by atoms with Gasteiger partial charge in [0.1, 0.15) is 0 Å². The van der Waals surface area contributed by atoms with Crippen molar-refractivity contribution in [2.45, 2.75) is 32.9 Å². The zero-order chi connectivity index (χ0) is 14.9. The maximum absolute atomic E-state index is 12.5. The van der Waals surface area contributed by atoms with E-state index in [1.165, 1.54) is 16.7 Å². The first-order chi connectivity index (χ1) is 9.45. The summed E-state index contributed by atoms with van der Waals surface area (Å²) >= 11 is 1.47. The zero-order valence-corrected chi connectivity index (χ0v) is 13.1. The number of carbonyl (C=O) groups excluding carboxylic acids is 2. The quantitative estimate of drug-likeness (QED) is 0.799. The Morgan fingerprint density at radius 3 is 2.20 bits per heavy atom. The molecule has 0 bridgehead atoms. The molecule has 0 spiro atoms. The molecule has 1 aliphatic rings. The maximum Gasteiger partial charge on any atom is 0.267 e. The lowest BCUT2D eigenvalue weighted by atomic mass is 10.0. The van der Waals surface area contributed by atoms with E-state index in [9.17, 15) is 9.59 Å². The summed E-state index contributed by atoms with van der Waals surface area (Å²) in [7, 11) is 0. The molecule has 20 heavy (non-hydrogen) atoms. The van der Waals surface area contributed by atoms with E-state index in [4.69, 9.17) is 0 Å². The summed E-state index contributed by atoms with van der Waals surface area (Å²) in [6.45, 7) is 8.29. The van der Waals surface area contributed by atoms with Crippen molar-refractivity contribution in [3.8, 4) is 0 Å². The topological polar surface area (TPSA) is 37.4 Å². The lowest BCUT2D eigenvalue weighted by Crippen LogP contribution is -2.31. The molecule has 3 nitrogen and oxygen atoms in total. The standard InChI is InChI=1S/C16H19NO2S/c1-5-17-15(18)13(12-8-6-11(4)7-9-12)14(16(17)19)20-10(2)3/h6-10H,5H2,1-4H3. The molecule has 0 saturated carbocycles. The molecule has 0 unspecified atom stereocenters. The minimum absolute atomic E-state index is 0.160. The summed E-state index contributed by atoms with van der Waals surface area (Å²) in [6, 6.07) is 7.75. The van der Waals surface area contributed by atoms with Crippen LogP contribution < -0.4 is 0 Å². The number of hydrogen-bond donors (Lipinski definition) is 0. The molecular formula is C16H19NO2S. The lowest BCUT2D eigenvalue weighted by Gasteiger charge is -2.11. The molecule has 0 atom stereocenters. The van der Waals surface area contributed by atoms with Crippen LogP contribution in [0.3, 0.4) is 0 Å². The molecule has 2 amide bonds. The summed E-state index contributed by atoms with van der Waals surface area (Å²) in [5, 5.41) is 0.263. The first kappa shape index (κ1) is 14.9. The number of nitrogens with zero attached hydrogens (tertiary/aromatic N) is 1. The van der Waals surface area contributed by atoms with E-state index in [0.717, 1.165) is 11.1 Å². The molecule has 0 N–H and O–H groups in total. The van der Waals surface area contributed by atoms with Crippen molar-refractivity contribution in [2.75, 3.05) is 6.54 Å². The monoisotopic (exact) mass is 289 g/mol. The fourth-order valence-electron chi connectivity index (χ4n) is 2.16. The van der Waals surface area contributed by atoms with Gasteiger partial charge in [-0.3, -0.25) is 14.5 Å². The highest BCUT2D eigenvalue weighted by Crippen LogP contribution is 2.37. The number of hydrogen-bond acceptors (Lipinski definition) is 3. The van der Waals surface area contributed by atoms with Gasteiger partial charge in [0.25, 0.3) is 11.8 Å². The predicted molar refractivity (Wildman–Crippen MR) is 83.2 cm³/mol. The van der Waals surface area contributed by atoms with Gasteiger partial charge in [0.15, 0.2) is 0 Å². The molecule has 0 saturated heterocycles. The Morgan fingerprint density at radius 1 is 1.10 bits per heavy atom. The van der Waals surface area contributed by atoms with Crippen LogP contribution in [0, 0.1) is 6.92 Å². The smallest absolute Gasteiger partial charge is 0.267 e. The molecule has 4 heteroatoms. The SMILES string of the molecule is CCN1C(=O)C(SC(C)C)=C(c2ccc(C)cc2)C1=O. The molecule has 0 radical (unpaired) electrons. The summed E-state index contributed by atoms with van der Waals surface area (Å²) in [5.74, 6) is -0.337. The number of benzene rings is 1. The van der Waals surface area contributed by atoms with Gasteiger partial charge in [-0.05, 0) is 19.4 Å². The first-order valence-corrected chi connectivity index (χ1v) is 7.67. The van der Waals surface area contributed by atoms with E-state index in [0.29, 0.717) is 17.0 Å². The van der Waals surface area contributed by atoms with Gasteiger partial charge in [0.2, 0.25) is 0 Å². The minimum atomic E-state index is -0.176. The summed E-state index contributed by atoms with van der Waals surface area (Å²) in [5.41, 5.74) is 2.51.